The molecule has 2 amide bonds. The van der Waals surface area contributed by atoms with Gasteiger partial charge >= 0.3 is 6.09 Å². The number of amides is 2. The van der Waals surface area contributed by atoms with Gasteiger partial charge in [0, 0.05) is 17.7 Å². The maximum atomic E-state index is 13.3. The zero-order chi connectivity index (χ0) is 29.9. The highest BCUT2D eigenvalue weighted by Crippen LogP contribution is 2.18. The van der Waals surface area contributed by atoms with E-state index < -0.39 is 29.0 Å². The first-order valence-corrected chi connectivity index (χ1v) is 13.3. The first-order valence-electron chi connectivity index (χ1n) is 13.3. The minimum atomic E-state index is -0.904. The van der Waals surface area contributed by atoms with E-state index in [-0.39, 0.29) is 42.3 Å². The molecule has 1 aromatic heterocycles. The number of hydrogen-bond acceptors (Lipinski definition) is 9. The summed E-state index contributed by atoms with van der Waals surface area (Å²) in [6.45, 7) is 7.51. The second kappa shape index (κ2) is 14.6. The third-order valence-corrected chi connectivity index (χ3v) is 6.03. The molecule has 41 heavy (non-hydrogen) atoms. The van der Waals surface area contributed by atoms with Crippen molar-refractivity contribution < 1.29 is 24.0 Å². The number of ether oxygens (including phenoxy) is 1. The lowest BCUT2D eigenvalue weighted by atomic mass is 9.98. The fraction of sp³-hybridized carbons (Fsp3) is 0.429. The van der Waals surface area contributed by atoms with Crippen molar-refractivity contribution in [1.29, 1.82) is 0 Å². The largest absolute Gasteiger partial charge is 0.445 e. The van der Waals surface area contributed by atoms with Gasteiger partial charge in [-0.1, -0.05) is 58.0 Å². The van der Waals surface area contributed by atoms with Gasteiger partial charge in [-0.2, -0.15) is 4.80 Å². The number of non-ortho nitro benzene ring substituents is 1. The first-order chi connectivity index (χ1) is 19.5. The van der Waals surface area contributed by atoms with Gasteiger partial charge in [0.1, 0.15) is 19.2 Å². The number of benzene rings is 2. The molecular formula is C28H35N7O6. The van der Waals surface area contributed by atoms with E-state index in [4.69, 9.17) is 4.74 Å². The summed E-state index contributed by atoms with van der Waals surface area (Å²) in [6, 6.07) is 13.1. The van der Waals surface area contributed by atoms with Crippen LogP contribution in [0.3, 0.4) is 0 Å². The van der Waals surface area contributed by atoms with Crippen LogP contribution in [0.25, 0.3) is 11.4 Å². The Balaban J connectivity index is 1.65. The molecular weight excluding hydrogens is 530 g/mol. The molecule has 3 aromatic rings. The van der Waals surface area contributed by atoms with E-state index in [2.05, 4.69) is 26.0 Å². The summed E-state index contributed by atoms with van der Waals surface area (Å²) in [7, 11) is 0. The van der Waals surface area contributed by atoms with E-state index in [9.17, 15) is 24.5 Å². The van der Waals surface area contributed by atoms with Crippen molar-refractivity contribution in [3.63, 3.8) is 0 Å². The molecule has 0 fully saturated rings. The van der Waals surface area contributed by atoms with Gasteiger partial charge in [0.15, 0.2) is 5.78 Å². The minimum absolute atomic E-state index is 0.0594. The van der Waals surface area contributed by atoms with Gasteiger partial charge in [0.25, 0.3) is 5.69 Å². The molecule has 13 heteroatoms. The summed E-state index contributed by atoms with van der Waals surface area (Å²) in [5, 5.41) is 28.4. The number of nitro benzene ring substituents is 1. The van der Waals surface area contributed by atoms with Crippen molar-refractivity contribution in [2.45, 2.75) is 65.8 Å². The Morgan fingerprint density at radius 2 is 1.56 bits per heavy atom. The molecule has 0 aliphatic carbocycles. The van der Waals surface area contributed by atoms with Crippen LogP contribution in [0.4, 0.5) is 10.5 Å². The number of tetrazole rings is 1. The van der Waals surface area contributed by atoms with Crippen LogP contribution >= 0.6 is 0 Å². The van der Waals surface area contributed by atoms with Crippen molar-refractivity contribution >= 4 is 23.5 Å². The molecule has 2 aromatic carbocycles. The van der Waals surface area contributed by atoms with Crippen LogP contribution in [0.2, 0.25) is 0 Å². The molecule has 0 saturated heterocycles. The molecule has 0 unspecified atom stereocenters. The number of rotatable bonds is 14. The van der Waals surface area contributed by atoms with Gasteiger partial charge in [0.05, 0.1) is 11.0 Å². The van der Waals surface area contributed by atoms with Gasteiger partial charge in [-0.05, 0) is 47.6 Å². The molecule has 13 nitrogen and oxygen atoms in total. The van der Waals surface area contributed by atoms with Gasteiger partial charge < -0.3 is 15.4 Å². The average molecular weight is 566 g/mol. The number of carbonyl (C=O) groups is 3. The smallest absolute Gasteiger partial charge is 0.408 e. The van der Waals surface area contributed by atoms with Crippen molar-refractivity contribution in [2.24, 2.45) is 11.8 Å². The number of Topliss-reactive ketones (excluding diaryl/α,β-unsaturated/α-hetero) is 1. The van der Waals surface area contributed by atoms with E-state index in [1.807, 2.05) is 58.0 Å². The normalized spacial score (nSPS) is 12.5. The van der Waals surface area contributed by atoms with Crippen LogP contribution < -0.4 is 10.6 Å². The zero-order valence-corrected chi connectivity index (χ0v) is 23.5. The maximum Gasteiger partial charge on any atom is 0.408 e. The molecule has 0 aliphatic heterocycles. The lowest BCUT2D eigenvalue weighted by Crippen LogP contribution is -2.52. The Labute approximate surface area is 237 Å². The van der Waals surface area contributed by atoms with Crippen LogP contribution in [0.15, 0.2) is 54.6 Å². The fourth-order valence-corrected chi connectivity index (χ4v) is 4.03. The second-order valence-corrected chi connectivity index (χ2v) is 10.5. The van der Waals surface area contributed by atoms with Crippen LogP contribution in [-0.4, -0.2) is 55.0 Å². The lowest BCUT2D eigenvalue weighted by molar-refractivity contribution is -0.384. The highest BCUT2D eigenvalue weighted by atomic mass is 16.6. The number of hydrogen-bond donors (Lipinski definition) is 2. The number of alkyl carbamates (subject to hydrolysis) is 1. The zero-order valence-electron chi connectivity index (χ0n) is 23.5. The number of nitrogens with zero attached hydrogens (tertiary/aromatic N) is 5. The predicted molar refractivity (Wildman–Crippen MR) is 149 cm³/mol. The predicted octanol–water partition coefficient (Wildman–Crippen LogP) is 3.69. The molecule has 1 heterocycles. The molecule has 0 saturated carbocycles. The highest BCUT2D eigenvalue weighted by molar-refractivity contribution is 5.92. The second-order valence-electron chi connectivity index (χ2n) is 10.5. The molecule has 218 valence electrons. The van der Waals surface area contributed by atoms with Crippen molar-refractivity contribution in [2.75, 3.05) is 0 Å². The molecule has 2 N–H and O–H groups in total. The van der Waals surface area contributed by atoms with Crippen LogP contribution in [0.1, 0.15) is 46.1 Å². The van der Waals surface area contributed by atoms with Crippen molar-refractivity contribution in [3.05, 3.63) is 70.3 Å². The summed E-state index contributed by atoms with van der Waals surface area (Å²) in [4.78, 5) is 50.5. The summed E-state index contributed by atoms with van der Waals surface area (Å²) >= 11 is 0. The van der Waals surface area contributed by atoms with Crippen LogP contribution in [0.5, 0.6) is 0 Å². The average Bonchev–Trinajstić information content (AvgIpc) is 3.39. The van der Waals surface area contributed by atoms with Gasteiger partial charge in [-0.15, -0.1) is 10.2 Å². The molecule has 3 rings (SSSR count). The summed E-state index contributed by atoms with van der Waals surface area (Å²) in [5.41, 5.74) is 1.25. The molecule has 0 spiro atoms. The number of aromatic nitrogens is 4. The minimum Gasteiger partial charge on any atom is -0.445 e. The first kappa shape index (κ1) is 30.9. The Morgan fingerprint density at radius 3 is 2.17 bits per heavy atom. The van der Waals surface area contributed by atoms with E-state index in [1.165, 1.54) is 24.3 Å². The number of nitrogens with one attached hydrogen (secondary N) is 2. The molecule has 0 bridgehead atoms. The topological polar surface area (TPSA) is 171 Å². The lowest BCUT2D eigenvalue weighted by Gasteiger charge is -2.24. The Bertz CT molecular complexity index is 1330. The quantitative estimate of drug-likeness (QED) is 0.218. The third-order valence-electron chi connectivity index (χ3n) is 6.03. The van der Waals surface area contributed by atoms with Crippen molar-refractivity contribution in [1.82, 2.24) is 30.8 Å². The van der Waals surface area contributed by atoms with E-state index in [0.717, 1.165) is 10.4 Å². The van der Waals surface area contributed by atoms with Crippen LogP contribution in [-0.2, 0) is 27.5 Å². The Morgan fingerprint density at radius 1 is 0.927 bits per heavy atom. The highest BCUT2D eigenvalue weighted by Gasteiger charge is 2.29. The van der Waals surface area contributed by atoms with E-state index in [1.54, 1.807) is 0 Å². The van der Waals surface area contributed by atoms with E-state index in [0.29, 0.717) is 18.4 Å². The Kier molecular flexibility index (Phi) is 11.0. The van der Waals surface area contributed by atoms with Gasteiger partial charge in [-0.3, -0.25) is 19.7 Å². The standard InChI is InChI=1S/C28H35N7O6/c1-18(2)14-23(25(36)16-34-32-26(31-33-34)21-10-12-22(13-11-21)35(39)40)29-27(37)24(15-19(3)4)30-28(38)41-17-20-8-6-5-7-9-20/h5-13,18-19,23-24H,14-17H2,1-4H3,(H,29,37)(H,30,38)/t23-,24-/m0/s1. The van der Waals surface area contributed by atoms with Crippen molar-refractivity contribution in [3.8, 4) is 11.4 Å². The van der Waals surface area contributed by atoms with Gasteiger partial charge in [0.2, 0.25) is 11.7 Å². The summed E-state index contributed by atoms with van der Waals surface area (Å²) in [6.07, 6.45) is -0.0219. The molecule has 0 aliphatic rings. The van der Waals surface area contributed by atoms with Gasteiger partial charge in [-0.25, -0.2) is 4.79 Å². The number of nitro groups is 1. The van der Waals surface area contributed by atoms with E-state index >= 15 is 0 Å². The number of carbonyl (C=O) groups excluding carboxylic acids is 3. The Hall–Kier alpha value is -4.68. The summed E-state index contributed by atoms with van der Waals surface area (Å²) in [5.74, 6) is -0.470. The molecule has 2 atom stereocenters. The summed E-state index contributed by atoms with van der Waals surface area (Å²) < 4.78 is 5.29. The SMILES string of the molecule is CC(C)C[C@H](NC(=O)[C@H](CC(C)C)NC(=O)OCc1ccccc1)C(=O)Cn1nnc(-c2ccc([N+](=O)[O-])cc2)n1. The fourth-order valence-electron chi connectivity index (χ4n) is 4.03. The third kappa shape index (κ3) is 9.78. The number of ketones is 1. The monoisotopic (exact) mass is 565 g/mol. The van der Waals surface area contributed by atoms with Crippen LogP contribution in [0, 0.1) is 22.0 Å². The maximum absolute atomic E-state index is 13.3. The molecule has 0 radical (unpaired) electrons.